The molecule has 0 aliphatic carbocycles. The first kappa shape index (κ1) is 17.9. The van der Waals surface area contributed by atoms with Crippen LogP contribution in [0.2, 0.25) is 0 Å². The molecule has 3 heterocycles. The van der Waals surface area contributed by atoms with Crippen molar-refractivity contribution in [3.63, 3.8) is 0 Å². The van der Waals surface area contributed by atoms with Gasteiger partial charge >= 0.3 is 0 Å². The smallest absolute Gasteiger partial charge is 0.272 e. The summed E-state index contributed by atoms with van der Waals surface area (Å²) in [6, 6.07) is 13.0. The molecule has 4 rings (SSSR count). The molecule has 3 aromatic rings. The first-order chi connectivity index (χ1) is 13.6. The van der Waals surface area contributed by atoms with Gasteiger partial charge in [0.15, 0.2) is 0 Å². The molecule has 142 valence electrons. The molecular formula is C21H21N5O2. The molecule has 2 aromatic heterocycles. The van der Waals surface area contributed by atoms with Crippen LogP contribution in [0.15, 0.2) is 54.9 Å². The zero-order valence-electron chi connectivity index (χ0n) is 15.6. The number of piperazine rings is 1. The van der Waals surface area contributed by atoms with Gasteiger partial charge in [0, 0.05) is 49.7 Å². The van der Waals surface area contributed by atoms with Gasteiger partial charge in [-0.1, -0.05) is 17.7 Å². The van der Waals surface area contributed by atoms with E-state index < -0.39 is 0 Å². The van der Waals surface area contributed by atoms with Crippen molar-refractivity contribution in [2.24, 2.45) is 0 Å². The van der Waals surface area contributed by atoms with Crippen molar-refractivity contribution in [3.05, 3.63) is 71.7 Å². The van der Waals surface area contributed by atoms with E-state index in [0.717, 1.165) is 11.1 Å². The van der Waals surface area contributed by atoms with Gasteiger partial charge in [0.1, 0.15) is 5.69 Å². The highest BCUT2D eigenvalue weighted by Crippen LogP contribution is 2.18. The van der Waals surface area contributed by atoms with E-state index in [0.29, 0.717) is 43.1 Å². The van der Waals surface area contributed by atoms with Crippen molar-refractivity contribution in [2.75, 3.05) is 26.2 Å². The summed E-state index contributed by atoms with van der Waals surface area (Å²) in [5, 5.41) is 7.03. The third-order valence-electron chi connectivity index (χ3n) is 4.92. The lowest BCUT2D eigenvalue weighted by atomic mass is 10.1. The molecule has 28 heavy (non-hydrogen) atoms. The number of aromatic amines is 1. The van der Waals surface area contributed by atoms with E-state index in [1.165, 1.54) is 0 Å². The monoisotopic (exact) mass is 375 g/mol. The molecule has 7 nitrogen and oxygen atoms in total. The number of aromatic nitrogens is 3. The number of hydrogen-bond donors (Lipinski definition) is 1. The Morgan fingerprint density at radius 2 is 1.64 bits per heavy atom. The third-order valence-corrected chi connectivity index (χ3v) is 4.92. The number of rotatable bonds is 3. The Hall–Kier alpha value is -3.48. The second-order valence-corrected chi connectivity index (χ2v) is 6.86. The maximum atomic E-state index is 12.8. The topological polar surface area (TPSA) is 82.2 Å². The Morgan fingerprint density at radius 3 is 2.29 bits per heavy atom. The standard InChI is InChI=1S/C21H21N5O2/c1-15-4-6-16(7-5-15)20(27)25-9-11-26(12-10-25)21(28)19-13-18(23-24-19)17-3-2-8-22-14-17/h2-8,13-14H,9-12H2,1H3,(H,23,24). The van der Waals surface area contributed by atoms with E-state index in [1.54, 1.807) is 28.3 Å². The molecule has 0 atom stereocenters. The maximum absolute atomic E-state index is 12.8. The highest BCUT2D eigenvalue weighted by atomic mass is 16.2. The van der Waals surface area contributed by atoms with Gasteiger partial charge in [-0.25, -0.2) is 0 Å². The molecule has 2 amide bonds. The Bertz CT molecular complexity index is 974. The summed E-state index contributed by atoms with van der Waals surface area (Å²) in [6.45, 7) is 4.02. The molecule has 1 N–H and O–H groups in total. The largest absolute Gasteiger partial charge is 0.335 e. The molecule has 0 bridgehead atoms. The first-order valence-corrected chi connectivity index (χ1v) is 9.23. The van der Waals surface area contributed by atoms with E-state index >= 15 is 0 Å². The summed E-state index contributed by atoms with van der Waals surface area (Å²) in [5.74, 6) is -0.0995. The third kappa shape index (κ3) is 3.64. The molecule has 0 radical (unpaired) electrons. The van der Waals surface area contributed by atoms with Gasteiger partial charge in [0.25, 0.3) is 11.8 Å². The number of carbonyl (C=O) groups excluding carboxylic acids is 2. The second-order valence-electron chi connectivity index (χ2n) is 6.86. The summed E-state index contributed by atoms with van der Waals surface area (Å²) in [4.78, 5) is 33.0. The van der Waals surface area contributed by atoms with Crippen LogP contribution < -0.4 is 0 Å². The van der Waals surface area contributed by atoms with Crippen LogP contribution in [0.25, 0.3) is 11.3 Å². The molecule has 0 unspecified atom stereocenters. The number of pyridine rings is 1. The van der Waals surface area contributed by atoms with E-state index in [1.807, 2.05) is 43.3 Å². The highest BCUT2D eigenvalue weighted by Gasteiger charge is 2.26. The molecule has 1 aliphatic heterocycles. The van der Waals surface area contributed by atoms with Crippen LogP contribution in [0.3, 0.4) is 0 Å². The number of amides is 2. The molecule has 1 aliphatic rings. The number of benzene rings is 1. The van der Waals surface area contributed by atoms with E-state index in [-0.39, 0.29) is 11.8 Å². The zero-order chi connectivity index (χ0) is 19.5. The molecular weight excluding hydrogens is 354 g/mol. The van der Waals surface area contributed by atoms with Gasteiger partial charge in [-0.15, -0.1) is 0 Å². The van der Waals surface area contributed by atoms with Crippen molar-refractivity contribution < 1.29 is 9.59 Å². The Kier molecular flexibility index (Phi) is 4.89. The minimum Gasteiger partial charge on any atom is -0.335 e. The minimum atomic E-state index is -0.106. The van der Waals surface area contributed by atoms with Gasteiger partial charge in [-0.2, -0.15) is 5.10 Å². The average molecular weight is 375 g/mol. The number of nitrogens with zero attached hydrogens (tertiary/aromatic N) is 4. The molecule has 1 saturated heterocycles. The first-order valence-electron chi connectivity index (χ1n) is 9.23. The average Bonchev–Trinajstić information content (AvgIpc) is 3.24. The molecule has 1 fully saturated rings. The highest BCUT2D eigenvalue weighted by molar-refractivity contribution is 5.95. The van der Waals surface area contributed by atoms with Crippen molar-refractivity contribution in [1.82, 2.24) is 25.0 Å². The SMILES string of the molecule is Cc1ccc(C(=O)N2CCN(C(=O)c3cc(-c4cccnc4)n[nH]3)CC2)cc1. The van der Waals surface area contributed by atoms with Crippen LogP contribution in [-0.2, 0) is 0 Å². The van der Waals surface area contributed by atoms with Crippen LogP contribution in [0.4, 0.5) is 0 Å². The summed E-state index contributed by atoms with van der Waals surface area (Å²) in [5.41, 5.74) is 3.78. The number of hydrogen-bond acceptors (Lipinski definition) is 4. The van der Waals surface area contributed by atoms with Crippen molar-refractivity contribution in [2.45, 2.75) is 6.92 Å². The molecule has 0 saturated carbocycles. The lowest BCUT2D eigenvalue weighted by molar-refractivity contribution is 0.0532. The number of nitrogens with one attached hydrogen (secondary N) is 1. The van der Waals surface area contributed by atoms with Gasteiger partial charge in [-0.05, 0) is 37.3 Å². The summed E-state index contributed by atoms with van der Waals surface area (Å²) in [7, 11) is 0. The Morgan fingerprint density at radius 1 is 0.964 bits per heavy atom. The molecule has 7 heteroatoms. The summed E-state index contributed by atoms with van der Waals surface area (Å²) in [6.07, 6.45) is 3.40. The fraction of sp³-hybridized carbons (Fsp3) is 0.238. The molecule has 1 aromatic carbocycles. The quantitative estimate of drug-likeness (QED) is 0.762. The Balaban J connectivity index is 1.38. The van der Waals surface area contributed by atoms with Crippen LogP contribution in [-0.4, -0.2) is 63.0 Å². The van der Waals surface area contributed by atoms with Gasteiger partial charge < -0.3 is 9.80 Å². The fourth-order valence-corrected chi connectivity index (χ4v) is 3.26. The zero-order valence-corrected chi connectivity index (χ0v) is 15.6. The van der Waals surface area contributed by atoms with E-state index in [2.05, 4.69) is 15.2 Å². The number of H-pyrrole nitrogens is 1. The summed E-state index contributed by atoms with van der Waals surface area (Å²) >= 11 is 0. The number of aryl methyl sites for hydroxylation is 1. The Labute approximate surface area is 163 Å². The normalized spacial score (nSPS) is 14.2. The van der Waals surface area contributed by atoms with Crippen molar-refractivity contribution >= 4 is 11.8 Å². The van der Waals surface area contributed by atoms with E-state index in [9.17, 15) is 9.59 Å². The lowest BCUT2D eigenvalue weighted by Crippen LogP contribution is -2.50. The van der Waals surface area contributed by atoms with Crippen molar-refractivity contribution in [1.29, 1.82) is 0 Å². The minimum absolute atomic E-state index is 0.00695. The van der Waals surface area contributed by atoms with Crippen LogP contribution >= 0.6 is 0 Å². The summed E-state index contributed by atoms with van der Waals surface area (Å²) < 4.78 is 0. The number of carbonyl (C=O) groups is 2. The van der Waals surface area contributed by atoms with Gasteiger partial charge in [-0.3, -0.25) is 19.7 Å². The lowest BCUT2D eigenvalue weighted by Gasteiger charge is -2.34. The fourth-order valence-electron chi connectivity index (χ4n) is 3.26. The predicted molar refractivity (Wildman–Crippen MR) is 105 cm³/mol. The van der Waals surface area contributed by atoms with E-state index in [4.69, 9.17) is 0 Å². The van der Waals surface area contributed by atoms with Gasteiger partial charge in [0.05, 0.1) is 5.69 Å². The maximum Gasteiger partial charge on any atom is 0.272 e. The van der Waals surface area contributed by atoms with Crippen molar-refractivity contribution in [3.8, 4) is 11.3 Å². The van der Waals surface area contributed by atoms with Gasteiger partial charge in [0.2, 0.25) is 0 Å². The second kappa shape index (κ2) is 7.64. The van der Waals surface area contributed by atoms with Crippen LogP contribution in [0, 0.1) is 6.92 Å². The van der Waals surface area contributed by atoms with Crippen LogP contribution in [0.1, 0.15) is 26.4 Å². The molecule has 0 spiro atoms. The van der Waals surface area contributed by atoms with Crippen LogP contribution in [0.5, 0.6) is 0 Å². The predicted octanol–water partition coefficient (Wildman–Crippen LogP) is 2.38.